The van der Waals surface area contributed by atoms with Gasteiger partial charge in [0.2, 0.25) is 0 Å². The van der Waals surface area contributed by atoms with E-state index in [1.807, 2.05) is 30.8 Å². The van der Waals surface area contributed by atoms with Gasteiger partial charge in [-0.05, 0) is 20.5 Å². The van der Waals surface area contributed by atoms with Gasteiger partial charge in [0, 0.05) is 19.6 Å². The minimum absolute atomic E-state index is 0.0901. The van der Waals surface area contributed by atoms with Gasteiger partial charge in [0.15, 0.2) is 0 Å². The Kier molecular flexibility index (Phi) is 6.99. The predicted octanol–water partition coefficient (Wildman–Crippen LogP) is 0.901. The summed E-state index contributed by atoms with van der Waals surface area (Å²) in [5.41, 5.74) is 1.08. The van der Waals surface area contributed by atoms with Crippen LogP contribution in [0, 0.1) is 0 Å². The van der Waals surface area contributed by atoms with Gasteiger partial charge in [0.1, 0.15) is 0 Å². The van der Waals surface area contributed by atoms with Gasteiger partial charge in [-0.15, -0.1) is 0 Å². The second-order valence-electron chi connectivity index (χ2n) is 4.01. The zero-order valence-electron chi connectivity index (χ0n) is 9.99. The van der Waals surface area contributed by atoms with E-state index in [4.69, 9.17) is 5.11 Å². The van der Waals surface area contributed by atoms with E-state index in [9.17, 15) is 4.79 Å². The fourth-order valence-corrected chi connectivity index (χ4v) is 1.17. The van der Waals surface area contributed by atoms with E-state index < -0.39 is 5.97 Å². The van der Waals surface area contributed by atoms with Crippen molar-refractivity contribution in [1.82, 2.24) is 9.80 Å². The first-order chi connectivity index (χ1) is 6.95. The quantitative estimate of drug-likeness (QED) is 0.610. The fraction of sp³-hybridized carbons (Fsp3) is 0.727. The third kappa shape index (κ3) is 8.15. The molecule has 0 rings (SSSR count). The van der Waals surface area contributed by atoms with Crippen LogP contribution >= 0.6 is 0 Å². The maximum Gasteiger partial charge on any atom is 0.317 e. The average molecular weight is 214 g/mol. The molecule has 4 heteroatoms. The minimum Gasteiger partial charge on any atom is -0.480 e. The van der Waals surface area contributed by atoms with Crippen molar-refractivity contribution in [1.29, 1.82) is 0 Å². The molecule has 15 heavy (non-hydrogen) atoms. The molecular weight excluding hydrogens is 192 g/mol. The second kappa shape index (κ2) is 7.43. The molecule has 0 spiro atoms. The normalized spacial score (nSPS) is 11.0. The first-order valence-corrected chi connectivity index (χ1v) is 5.21. The monoisotopic (exact) mass is 214 g/mol. The smallest absolute Gasteiger partial charge is 0.317 e. The van der Waals surface area contributed by atoms with Crippen LogP contribution in [0.1, 0.15) is 13.3 Å². The van der Waals surface area contributed by atoms with Crippen LogP contribution < -0.4 is 0 Å². The number of carboxylic acids is 1. The molecule has 0 saturated carbocycles. The Morgan fingerprint density at radius 2 is 1.87 bits per heavy atom. The lowest BCUT2D eigenvalue weighted by Crippen LogP contribution is -2.36. The molecule has 4 nitrogen and oxygen atoms in total. The van der Waals surface area contributed by atoms with Gasteiger partial charge in [0.25, 0.3) is 0 Å². The molecule has 0 atom stereocenters. The number of carbonyl (C=O) groups is 1. The number of nitrogens with zero attached hydrogens (tertiary/aromatic N) is 2. The maximum absolute atomic E-state index is 10.6. The van der Waals surface area contributed by atoms with Gasteiger partial charge in [-0.1, -0.05) is 19.1 Å². The third-order valence-electron chi connectivity index (χ3n) is 2.17. The molecular formula is C11H22N2O2. The molecule has 0 aromatic heterocycles. The predicted molar refractivity (Wildman–Crippen MR) is 62.1 cm³/mol. The summed E-state index contributed by atoms with van der Waals surface area (Å²) in [4.78, 5) is 14.6. The molecule has 0 aliphatic rings. The summed E-state index contributed by atoms with van der Waals surface area (Å²) in [6.45, 7) is 8.33. The van der Waals surface area contributed by atoms with Crippen LogP contribution in [-0.2, 0) is 4.79 Å². The van der Waals surface area contributed by atoms with E-state index in [1.165, 1.54) is 0 Å². The molecule has 0 fully saturated rings. The highest BCUT2D eigenvalue weighted by molar-refractivity contribution is 5.69. The number of rotatable bonds is 8. The number of carboxylic acid groups (broad SMARTS) is 1. The topological polar surface area (TPSA) is 43.8 Å². The highest BCUT2D eigenvalue weighted by Gasteiger charge is 2.10. The number of aliphatic carboxylic acids is 1. The Hall–Kier alpha value is -0.870. The lowest BCUT2D eigenvalue weighted by atomic mass is 10.2. The summed E-state index contributed by atoms with van der Waals surface area (Å²) in [5, 5.41) is 8.75. The molecule has 0 saturated heterocycles. The molecule has 88 valence electrons. The first kappa shape index (κ1) is 14.1. The summed E-state index contributed by atoms with van der Waals surface area (Å²) >= 11 is 0. The number of hydrogen-bond donors (Lipinski definition) is 1. The summed E-state index contributed by atoms with van der Waals surface area (Å²) in [6, 6.07) is 0. The molecule has 0 heterocycles. The molecule has 0 aromatic rings. The summed E-state index contributed by atoms with van der Waals surface area (Å²) < 4.78 is 0. The maximum atomic E-state index is 10.6. The lowest BCUT2D eigenvalue weighted by Gasteiger charge is -2.22. The standard InChI is InChI=1S/C11H22N2O2/c1-5-10(2)8-13(9-11(14)15)7-6-12(3)4/h2,5-9H2,1,3-4H3,(H,14,15). The second-order valence-corrected chi connectivity index (χ2v) is 4.01. The van der Waals surface area contributed by atoms with Crippen molar-refractivity contribution in [2.75, 3.05) is 40.3 Å². The minimum atomic E-state index is -0.780. The van der Waals surface area contributed by atoms with Gasteiger partial charge < -0.3 is 10.0 Å². The van der Waals surface area contributed by atoms with E-state index in [-0.39, 0.29) is 6.54 Å². The van der Waals surface area contributed by atoms with Gasteiger partial charge in [-0.25, -0.2) is 0 Å². The molecule has 0 amide bonds. The van der Waals surface area contributed by atoms with Crippen molar-refractivity contribution in [3.05, 3.63) is 12.2 Å². The Labute approximate surface area is 92.2 Å². The SMILES string of the molecule is C=C(CC)CN(CCN(C)C)CC(=O)O. The van der Waals surface area contributed by atoms with Crippen molar-refractivity contribution >= 4 is 5.97 Å². The largest absolute Gasteiger partial charge is 0.480 e. The van der Waals surface area contributed by atoms with Crippen LogP contribution in [-0.4, -0.2) is 61.2 Å². The molecule has 0 aromatic carbocycles. The Morgan fingerprint density at radius 3 is 2.27 bits per heavy atom. The Morgan fingerprint density at radius 1 is 1.27 bits per heavy atom. The molecule has 1 N–H and O–H groups in total. The fourth-order valence-electron chi connectivity index (χ4n) is 1.17. The van der Waals surface area contributed by atoms with E-state index in [0.717, 1.165) is 25.1 Å². The highest BCUT2D eigenvalue weighted by Crippen LogP contribution is 2.01. The highest BCUT2D eigenvalue weighted by atomic mass is 16.4. The van der Waals surface area contributed by atoms with Crippen LogP contribution in [0.4, 0.5) is 0 Å². The molecule has 0 aliphatic carbocycles. The molecule has 0 radical (unpaired) electrons. The molecule has 0 unspecified atom stereocenters. The van der Waals surface area contributed by atoms with E-state index in [2.05, 4.69) is 6.58 Å². The molecule has 0 aliphatic heterocycles. The zero-order chi connectivity index (χ0) is 11.8. The Balaban J connectivity index is 4.05. The van der Waals surface area contributed by atoms with Crippen molar-refractivity contribution in [3.8, 4) is 0 Å². The average Bonchev–Trinajstić information content (AvgIpc) is 2.13. The van der Waals surface area contributed by atoms with Crippen LogP contribution in [0.5, 0.6) is 0 Å². The number of likely N-dealkylation sites (N-methyl/N-ethyl adjacent to an activating group) is 1. The summed E-state index contributed by atoms with van der Waals surface area (Å²) in [7, 11) is 3.96. The van der Waals surface area contributed by atoms with Gasteiger partial charge >= 0.3 is 5.97 Å². The van der Waals surface area contributed by atoms with E-state index in [0.29, 0.717) is 6.54 Å². The van der Waals surface area contributed by atoms with Crippen LogP contribution in [0.25, 0.3) is 0 Å². The first-order valence-electron chi connectivity index (χ1n) is 5.21. The van der Waals surface area contributed by atoms with Crippen LogP contribution in [0.15, 0.2) is 12.2 Å². The number of hydrogen-bond acceptors (Lipinski definition) is 3. The molecule has 0 bridgehead atoms. The van der Waals surface area contributed by atoms with Gasteiger partial charge in [-0.3, -0.25) is 9.69 Å². The van der Waals surface area contributed by atoms with E-state index >= 15 is 0 Å². The summed E-state index contributed by atoms with van der Waals surface area (Å²) in [5.74, 6) is -0.780. The third-order valence-corrected chi connectivity index (χ3v) is 2.17. The van der Waals surface area contributed by atoms with E-state index in [1.54, 1.807) is 0 Å². The van der Waals surface area contributed by atoms with Crippen LogP contribution in [0.2, 0.25) is 0 Å². The van der Waals surface area contributed by atoms with Gasteiger partial charge in [0.05, 0.1) is 6.54 Å². The Bertz CT molecular complexity index is 215. The lowest BCUT2D eigenvalue weighted by molar-refractivity contribution is -0.138. The zero-order valence-corrected chi connectivity index (χ0v) is 9.99. The van der Waals surface area contributed by atoms with Gasteiger partial charge in [-0.2, -0.15) is 0 Å². The summed E-state index contributed by atoms with van der Waals surface area (Å²) in [6.07, 6.45) is 0.901. The van der Waals surface area contributed by atoms with Crippen LogP contribution in [0.3, 0.4) is 0 Å². The van der Waals surface area contributed by atoms with Crippen molar-refractivity contribution < 1.29 is 9.90 Å². The van der Waals surface area contributed by atoms with Crippen molar-refractivity contribution in [2.45, 2.75) is 13.3 Å². The van der Waals surface area contributed by atoms with Crippen molar-refractivity contribution in [3.63, 3.8) is 0 Å². The van der Waals surface area contributed by atoms with Crippen molar-refractivity contribution in [2.24, 2.45) is 0 Å².